The molecule has 0 bridgehead atoms. The Balaban J connectivity index is 1.57. The molecule has 1 fully saturated rings. The fourth-order valence-corrected chi connectivity index (χ4v) is 6.65. The maximum atomic E-state index is 13.1. The van der Waals surface area contributed by atoms with Gasteiger partial charge in [0.05, 0.1) is 12.0 Å². The highest BCUT2D eigenvalue weighted by Crippen LogP contribution is 2.41. The van der Waals surface area contributed by atoms with Gasteiger partial charge < -0.3 is 25.7 Å². The molecule has 3 unspecified atom stereocenters. The number of ether oxygens (including phenoxy) is 1. The van der Waals surface area contributed by atoms with Crippen LogP contribution in [0.15, 0.2) is 44.9 Å². The van der Waals surface area contributed by atoms with Gasteiger partial charge in [-0.25, -0.2) is 18.7 Å². The van der Waals surface area contributed by atoms with Gasteiger partial charge in [0.1, 0.15) is 46.7 Å². The number of nitrogens with one attached hydrogen (secondary N) is 2. The summed E-state index contributed by atoms with van der Waals surface area (Å²) in [6.07, 6.45) is 0.198. The summed E-state index contributed by atoms with van der Waals surface area (Å²) >= 11 is 2.44. The number of carboxylic acids is 1. The van der Waals surface area contributed by atoms with Crippen LogP contribution in [0, 0.1) is 0 Å². The average Bonchev–Trinajstić information content (AvgIpc) is 3.34. The van der Waals surface area contributed by atoms with E-state index >= 15 is 0 Å². The number of β-lactam (4-membered cyclic amide) rings is 1. The first-order valence-corrected chi connectivity index (χ1v) is 14.1. The molecule has 0 spiro atoms. The van der Waals surface area contributed by atoms with E-state index in [4.69, 9.17) is 15.3 Å². The second-order valence-corrected chi connectivity index (χ2v) is 11.4. The third-order valence-corrected chi connectivity index (χ3v) is 8.74. The van der Waals surface area contributed by atoms with Gasteiger partial charge in [0.2, 0.25) is 0 Å². The number of rotatable bonds is 10. The fraction of sp³-hybridized carbons (Fsp3) is 0.318. The first-order chi connectivity index (χ1) is 18.2. The summed E-state index contributed by atoms with van der Waals surface area (Å²) in [4.78, 5) is 48.7. The van der Waals surface area contributed by atoms with Crippen molar-refractivity contribution in [2.45, 2.75) is 22.7 Å². The van der Waals surface area contributed by atoms with Crippen LogP contribution < -0.4 is 20.5 Å². The molecule has 1 aromatic carbocycles. The SMILES string of the molecule is CNS(=O)c1cc(CC2=C(C(=O)O)N3C(=O)C(NC(=O)/C(=N\OC)c4csc(N)n4)C3SC2)cc(OC)c1. The van der Waals surface area contributed by atoms with Crippen molar-refractivity contribution >= 4 is 62.7 Å². The highest BCUT2D eigenvalue weighted by molar-refractivity contribution is 8.00. The summed E-state index contributed by atoms with van der Waals surface area (Å²) in [6.45, 7) is 0. The maximum Gasteiger partial charge on any atom is 0.352 e. The summed E-state index contributed by atoms with van der Waals surface area (Å²) in [7, 11) is 2.83. The first-order valence-electron chi connectivity index (χ1n) is 11.0. The van der Waals surface area contributed by atoms with Crippen LogP contribution >= 0.6 is 23.1 Å². The molecule has 0 radical (unpaired) electrons. The first kappa shape index (κ1) is 27.6. The van der Waals surface area contributed by atoms with Crippen LogP contribution in [0.2, 0.25) is 0 Å². The summed E-state index contributed by atoms with van der Waals surface area (Å²) in [5.41, 5.74) is 6.73. The molecule has 13 nitrogen and oxygen atoms in total. The normalized spacial score (nSPS) is 19.9. The second kappa shape index (κ2) is 11.5. The van der Waals surface area contributed by atoms with Crippen molar-refractivity contribution < 1.29 is 33.3 Å². The number of hydrogen-bond donors (Lipinski definition) is 4. The Labute approximate surface area is 228 Å². The number of aromatic nitrogens is 1. The van der Waals surface area contributed by atoms with Gasteiger partial charge in [-0.1, -0.05) is 5.16 Å². The van der Waals surface area contributed by atoms with E-state index in [1.807, 2.05) is 0 Å². The number of fused-ring (bicyclic) bond motifs is 1. The quantitative estimate of drug-likeness (QED) is 0.173. The van der Waals surface area contributed by atoms with Crippen LogP contribution in [0.5, 0.6) is 5.75 Å². The predicted molar refractivity (Wildman–Crippen MR) is 142 cm³/mol. The lowest BCUT2D eigenvalue weighted by molar-refractivity contribution is -0.150. The molecule has 4 rings (SSSR count). The van der Waals surface area contributed by atoms with E-state index in [1.54, 1.807) is 25.2 Å². The highest BCUT2D eigenvalue weighted by atomic mass is 32.2. The number of thiazole rings is 1. The standard InChI is InChI=1S/C22H24N6O7S3/c1-24-38(33)13-6-10(5-12(7-13)34-2)4-11-8-36-20-16(19(30)28(20)17(11)21(31)32)26-18(29)15(27-35-3)14-9-37-22(23)25-14/h5-7,9,16,20,24H,4,8H2,1-3H3,(H2,23,25)(H,26,29)(H,31,32)/b27-15-. The number of nitrogen functional groups attached to an aromatic ring is 1. The molecule has 2 aliphatic rings. The molecule has 3 atom stereocenters. The Morgan fingerprint density at radius 3 is 2.71 bits per heavy atom. The lowest BCUT2D eigenvalue weighted by atomic mass is 9.98. The number of hydrogen-bond acceptors (Lipinski definition) is 11. The van der Waals surface area contributed by atoms with E-state index in [1.165, 1.54) is 36.3 Å². The number of carbonyl (C=O) groups is 3. The van der Waals surface area contributed by atoms with Crippen LogP contribution in [-0.2, 0) is 36.6 Å². The fourth-order valence-electron chi connectivity index (χ4n) is 4.04. The molecule has 0 saturated carbocycles. The molecule has 3 heterocycles. The van der Waals surface area contributed by atoms with Gasteiger partial charge in [-0.3, -0.25) is 14.5 Å². The predicted octanol–water partition coefficient (Wildman–Crippen LogP) is 0.308. The van der Waals surface area contributed by atoms with Gasteiger partial charge in [0.25, 0.3) is 11.8 Å². The Kier molecular flexibility index (Phi) is 8.35. The number of benzene rings is 1. The molecule has 2 amide bonds. The number of amides is 2. The van der Waals surface area contributed by atoms with Crippen molar-refractivity contribution in [2.75, 3.05) is 32.8 Å². The van der Waals surface area contributed by atoms with Crippen LogP contribution in [0.25, 0.3) is 0 Å². The number of carboxylic acid groups (broad SMARTS) is 1. The van der Waals surface area contributed by atoms with E-state index < -0.39 is 40.2 Å². The second-order valence-electron chi connectivity index (χ2n) is 7.98. The van der Waals surface area contributed by atoms with Crippen molar-refractivity contribution in [1.29, 1.82) is 0 Å². The van der Waals surface area contributed by atoms with Crippen molar-refractivity contribution in [1.82, 2.24) is 19.9 Å². The van der Waals surface area contributed by atoms with Crippen molar-refractivity contribution in [3.05, 3.63) is 46.1 Å². The summed E-state index contributed by atoms with van der Waals surface area (Å²) in [6, 6.07) is 4.08. The van der Waals surface area contributed by atoms with E-state index in [0.717, 1.165) is 11.3 Å². The zero-order chi connectivity index (χ0) is 27.6. The lowest BCUT2D eigenvalue weighted by Crippen LogP contribution is -2.71. The molecule has 202 valence electrons. The van der Waals surface area contributed by atoms with Gasteiger partial charge in [0, 0.05) is 11.1 Å². The molecule has 5 N–H and O–H groups in total. The van der Waals surface area contributed by atoms with Crippen molar-refractivity contribution in [3.8, 4) is 5.75 Å². The molecular formula is C22H24N6O7S3. The number of oxime groups is 1. The van der Waals surface area contributed by atoms with Gasteiger partial charge >= 0.3 is 5.97 Å². The smallest absolute Gasteiger partial charge is 0.352 e. The maximum absolute atomic E-state index is 13.1. The van der Waals surface area contributed by atoms with E-state index in [2.05, 4.69) is 20.2 Å². The Morgan fingerprint density at radius 1 is 1.34 bits per heavy atom. The minimum absolute atomic E-state index is 0.138. The average molecular weight is 581 g/mol. The van der Waals surface area contributed by atoms with Gasteiger partial charge in [-0.05, 0) is 42.8 Å². The molecule has 0 aliphatic carbocycles. The molecular weight excluding hydrogens is 556 g/mol. The monoisotopic (exact) mass is 580 g/mol. The summed E-state index contributed by atoms with van der Waals surface area (Å²) in [5, 5.41) is 17.5. The molecule has 2 aromatic rings. The number of anilines is 1. The van der Waals surface area contributed by atoms with E-state index in [9.17, 15) is 23.7 Å². The number of aliphatic carboxylic acids is 1. The lowest BCUT2D eigenvalue weighted by Gasteiger charge is -2.49. The molecule has 1 aromatic heterocycles. The highest BCUT2D eigenvalue weighted by Gasteiger charge is 2.54. The van der Waals surface area contributed by atoms with E-state index in [0.29, 0.717) is 27.5 Å². The van der Waals surface area contributed by atoms with E-state index in [-0.39, 0.29) is 28.7 Å². The van der Waals surface area contributed by atoms with Gasteiger partial charge in [-0.2, -0.15) is 0 Å². The third kappa shape index (κ3) is 5.38. The van der Waals surface area contributed by atoms with Crippen molar-refractivity contribution in [3.63, 3.8) is 0 Å². The minimum atomic E-state index is -1.47. The molecule has 1 saturated heterocycles. The molecule has 2 aliphatic heterocycles. The Bertz CT molecular complexity index is 1370. The van der Waals surface area contributed by atoms with Crippen molar-refractivity contribution in [2.24, 2.45) is 5.16 Å². The van der Waals surface area contributed by atoms with Crippen LogP contribution in [0.1, 0.15) is 11.3 Å². The Morgan fingerprint density at radius 2 is 2.11 bits per heavy atom. The topological polar surface area (TPSA) is 186 Å². The molecule has 38 heavy (non-hydrogen) atoms. The summed E-state index contributed by atoms with van der Waals surface area (Å²) in [5.74, 6) is -1.76. The number of methoxy groups -OCH3 is 1. The van der Waals surface area contributed by atoms with Crippen LogP contribution in [-0.4, -0.2) is 81.1 Å². The van der Waals surface area contributed by atoms with Gasteiger partial charge in [0.15, 0.2) is 10.8 Å². The zero-order valence-electron chi connectivity index (χ0n) is 20.4. The minimum Gasteiger partial charge on any atom is -0.497 e. The van der Waals surface area contributed by atoms with Crippen LogP contribution in [0.4, 0.5) is 5.13 Å². The molecule has 16 heteroatoms. The number of thioether (sulfide) groups is 1. The number of nitrogens with two attached hydrogens (primary N) is 1. The third-order valence-electron chi connectivity index (χ3n) is 5.69. The van der Waals surface area contributed by atoms with Crippen LogP contribution in [0.3, 0.4) is 0 Å². The number of nitrogens with zero attached hydrogens (tertiary/aromatic N) is 3. The largest absolute Gasteiger partial charge is 0.497 e. The van der Waals surface area contributed by atoms with Gasteiger partial charge in [-0.15, -0.1) is 23.1 Å². The zero-order valence-corrected chi connectivity index (χ0v) is 22.9. The number of carbonyl (C=O) groups excluding carboxylic acids is 2. The summed E-state index contributed by atoms with van der Waals surface area (Å²) < 4.78 is 20.2. The Hall–Kier alpha value is -3.47.